The molecule has 0 nitrogen and oxygen atoms in total. The molecule has 2 rings (SSSR count). The first kappa shape index (κ1) is 12.2. The molecule has 15 heavy (non-hydrogen) atoms. The first-order valence-corrected chi connectivity index (χ1v) is 22.8. The third-order valence-corrected chi connectivity index (χ3v) is 19.7. The minimum atomic E-state index is -1.91. The minimum Gasteiger partial charge on any atom is -1.00 e. The van der Waals surface area contributed by atoms with Gasteiger partial charge in [0.15, 0.2) is 0 Å². The van der Waals surface area contributed by atoms with Crippen molar-refractivity contribution in [1.82, 2.24) is 0 Å². The molecule has 2 aliphatic carbocycles. The van der Waals surface area contributed by atoms with Gasteiger partial charge in [-0.15, -0.1) is 0 Å². The minimum absolute atomic E-state index is 0. The summed E-state index contributed by atoms with van der Waals surface area (Å²) in [6.45, 7) is 0. The van der Waals surface area contributed by atoms with Crippen LogP contribution in [-0.2, 0) is 22.9 Å². The maximum Gasteiger partial charge on any atom is -1.00 e. The smallest absolute Gasteiger partial charge is 1.00 e. The van der Waals surface area contributed by atoms with Crippen molar-refractivity contribution in [2.75, 3.05) is 0 Å². The van der Waals surface area contributed by atoms with Crippen LogP contribution in [0.25, 0.3) is 0 Å². The standard InChI is InChI=1S/C5H5.C5H4.3CH3.Hf.Pb.2H/c2*1-2-4-5-3-1;;;;;;;/h1-3H,4H2;1-2H,3H2;3*1H3;;;;/q;;;;;;;2*-1. The Bertz CT molecular complexity index is 387. The van der Waals surface area contributed by atoms with Gasteiger partial charge in [-0.3, -0.25) is 0 Å². The zero-order chi connectivity index (χ0) is 10.9. The topological polar surface area (TPSA) is 0 Å². The van der Waals surface area contributed by atoms with E-state index in [1.165, 1.54) is 12.8 Å². The fourth-order valence-corrected chi connectivity index (χ4v) is 26.6. The molecule has 0 aromatic carbocycles. The van der Waals surface area contributed by atoms with Crippen LogP contribution in [0.15, 0.2) is 40.2 Å². The zero-order valence-corrected chi connectivity index (χ0v) is 17.3. The molecule has 2 heteroatoms. The molecule has 0 fully saturated rings. The van der Waals surface area contributed by atoms with Gasteiger partial charge in [0.25, 0.3) is 0 Å². The molecule has 0 aromatic rings. The van der Waals surface area contributed by atoms with Crippen LogP contribution in [-0.4, -0.2) is 21.2 Å². The van der Waals surface area contributed by atoms with E-state index in [1.54, 1.807) is 3.33 Å². The van der Waals surface area contributed by atoms with Gasteiger partial charge in [-0.2, -0.15) is 0 Å². The molecule has 0 heterocycles. The summed E-state index contributed by atoms with van der Waals surface area (Å²) in [6.07, 6.45) is 14.4. The fraction of sp³-hybridized carbons (Fsp3) is 0.385. The molecule has 0 unspecified atom stereocenters. The largest absolute Gasteiger partial charge is 1.00 e. The molecule has 0 amide bonds. The summed E-state index contributed by atoms with van der Waals surface area (Å²) in [5.74, 6) is 0. The summed E-state index contributed by atoms with van der Waals surface area (Å²) >= 11 is -2.53. The quantitative estimate of drug-likeness (QED) is 0.453. The SMILES string of the molecule is [CH3][Pb]([CH3])([CH3])[C]1=[C]([Hf][C]2=CC=CC2)CC=C1.[H-].[H-]. The van der Waals surface area contributed by atoms with Crippen LogP contribution in [0.4, 0.5) is 0 Å². The molecule has 0 radical (unpaired) electrons. The summed E-state index contributed by atoms with van der Waals surface area (Å²) < 4.78 is 13.2. The van der Waals surface area contributed by atoms with Crippen LogP contribution in [0.3, 0.4) is 0 Å². The average Bonchev–Trinajstić information content (AvgIpc) is 2.73. The molecule has 0 saturated heterocycles. The van der Waals surface area contributed by atoms with E-state index in [0.717, 1.165) is 0 Å². The van der Waals surface area contributed by atoms with Gasteiger partial charge < -0.3 is 2.85 Å². The summed E-state index contributed by atoms with van der Waals surface area (Å²) in [5, 5.41) is 0. The van der Waals surface area contributed by atoms with Gasteiger partial charge in [0.2, 0.25) is 0 Å². The molecule has 0 spiro atoms. The van der Waals surface area contributed by atoms with Gasteiger partial charge in [-0.1, -0.05) is 0 Å². The van der Waals surface area contributed by atoms with Crippen LogP contribution in [0.1, 0.15) is 15.7 Å². The van der Waals surface area contributed by atoms with Crippen LogP contribution >= 0.6 is 0 Å². The van der Waals surface area contributed by atoms with Crippen molar-refractivity contribution in [3.05, 3.63) is 40.2 Å². The predicted octanol–water partition coefficient (Wildman–Crippen LogP) is 4.23. The molecular weight excluding hydrogens is 542 g/mol. The Labute approximate surface area is 112 Å². The van der Waals surface area contributed by atoms with E-state index in [-0.39, 0.29) is 2.85 Å². The van der Waals surface area contributed by atoms with E-state index < -0.39 is 44.1 Å². The van der Waals surface area contributed by atoms with E-state index in [2.05, 4.69) is 43.8 Å². The second kappa shape index (κ2) is 4.95. The third kappa shape index (κ3) is 3.11. The summed E-state index contributed by atoms with van der Waals surface area (Å²) in [4.78, 5) is 0. The van der Waals surface area contributed by atoms with Gasteiger partial charge in [0.1, 0.15) is 0 Å². The van der Waals surface area contributed by atoms with Crippen molar-refractivity contribution in [1.29, 1.82) is 0 Å². The number of rotatable bonds is 3. The third-order valence-electron chi connectivity index (χ3n) is 2.82. The van der Waals surface area contributed by atoms with Gasteiger partial charge in [-0.05, 0) is 0 Å². The molecule has 0 aromatic heterocycles. The normalized spacial score (nSPS) is 20.1. The molecule has 0 saturated carbocycles. The molecule has 0 aliphatic heterocycles. The Morgan fingerprint density at radius 2 is 2.00 bits per heavy atom. The van der Waals surface area contributed by atoms with Crippen LogP contribution in [0.2, 0.25) is 13.4 Å². The number of allylic oxidation sites excluding steroid dienone is 8. The van der Waals surface area contributed by atoms with Crippen molar-refractivity contribution in [3.8, 4) is 0 Å². The maximum absolute atomic E-state index is 2.56. The number of hydrogen-bond acceptors (Lipinski definition) is 0. The molecule has 0 N–H and O–H groups in total. The van der Waals surface area contributed by atoms with Crippen molar-refractivity contribution < 1.29 is 25.8 Å². The van der Waals surface area contributed by atoms with Gasteiger partial charge in [0.05, 0.1) is 0 Å². The van der Waals surface area contributed by atoms with E-state index in [1.807, 2.05) is 6.46 Å². The Kier molecular flexibility index (Phi) is 4.03. The van der Waals surface area contributed by atoms with Crippen LogP contribution < -0.4 is 0 Å². The first-order valence-electron chi connectivity index (χ1n) is 5.60. The maximum atomic E-state index is 2.56. The van der Waals surface area contributed by atoms with Crippen LogP contribution in [0.5, 0.6) is 0 Å². The summed E-state index contributed by atoms with van der Waals surface area (Å²) in [6, 6.07) is 0. The van der Waals surface area contributed by atoms with E-state index in [9.17, 15) is 0 Å². The zero-order valence-electron chi connectivity index (χ0n) is 11.8. The molecule has 2 aliphatic rings. The monoisotopic (exact) mass is 564 g/mol. The van der Waals surface area contributed by atoms with E-state index >= 15 is 0 Å². The van der Waals surface area contributed by atoms with Gasteiger partial charge >= 0.3 is 111 Å². The summed E-state index contributed by atoms with van der Waals surface area (Å²) in [5.41, 5.74) is 0. The Morgan fingerprint density at radius 3 is 2.60 bits per heavy atom. The second-order valence-electron chi connectivity index (χ2n) is 5.20. The van der Waals surface area contributed by atoms with Gasteiger partial charge in [0, 0.05) is 0 Å². The Morgan fingerprint density at radius 1 is 1.20 bits per heavy atom. The predicted molar refractivity (Wildman–Crippen MR) is 68.2 cm³/mol. The summed E-state index contributed by atoms with van der Waals surface area (Å²) in [7, 11) is 0. The van der Waals surface area contributed by atoms with Gasteiger partial charge in [-0.25, -0.2) is 0 Å². The first-order chi connectivity index (χ1) is 7.07. The fourth-order valence-electron chi connectivity index (χ4n) is 2.06. The van der Waals surface area contributed by atoms with Crippen molar-refractivity contribution in [2.24, 2.45) is 0 Å². The molecule has 0 bridgehead atoms. The molecule has 0 atom stereocenters. The molecule has 82 valence electrons. The second-order valence-corrected chi connectivity index (χ2v) is 30.2. The Hall–Kier alpha value is 0.752. The van der Waals surface area contributed by atoms with E-state index in [4.69, 9.17) is 0 Å². The molecular formula is C13H20HfPb-2. The number of hydrogen-bond donors (Lipinski definition) is 0. The van der Waals surface area contributed by atoms with Crippen molar-refractivity contribution >= 4 is 21.2 Å². The van der Waals surface area contributed by atoms with Crippen LogP contribution in [0, 0.1) is 0 Å². The van der Waals surface area contributed by atoms with E-state index in [0.29, 0.717) is 0 Å². The Balaban J connectivity index is 0.00000128. The average molecular weight is 562 g/mol. The van der Waals surface area contributed by atoms with Crippen molar-refractivity contribution in [3.63, 3.8) is 0 Å². The van der Waals surface area contributed by atoms with Crippen molar-refractivity contribution in [2.45, 2.75) is 26.3 Å².